The Kier molecular flexibility index (Phi) is 3.36. The Labute approximate surface area is 122 Å². The van der Waals surface area contributed by atoms with Crippen LogP contribution in [0.4, 0.5) is 4.39 Å². The highest BCUT2D eigenvalue weighted by atomic mass is 79.9. The summed E-state index contributed by atoms with van der Waals surface area (Å²) in [4.78, 5) is 19.2. The standard InChI is InChI=1S/C15H10BrFN2O/c16-8-9-5-6-10(17)7-12(9)14-18-13-4-2-1-3-11(13)15(20)19-14/h1-7H,8H2,(H,18,19,20). The lowest BCUT2D eigenvalue weighted by Gasteiger charge is -2.07. The van der Waals surface area contributed by atoms with Crippen LogP contribution in [0.15, 0.2) is 47.3 Å². The summed E-state index contributed by atoms with van der Waals surface area (Å²) in [7, 11) is 0. The summed E-state index contributed by atoms with van der Waals surface area (Å²) in [5.41, 5.74) is 1.82. The van der Waals surface area contributed by atoms with Gasteiger partial charge in [0.15, 0.2) is 0 Å². The molecule has 0 amide bonds. The molecule has 100 valence electrons. The van der Waals surface area contributed by atoms with Crippen molar-refractivity contribution in [3.8, 4) is 11.4 Å². The molecule has 3 aromatic rings. The number of hydrogen-bond donors (Lipinski definition) is 1. The van der Waals surface area contributed by atoms with Crippen molar-refractivity contribution in [2.75, 3.05) is 0 Å². The first-order valence-electron chi connectivity index (χ1n) is 6.03. The van der Waals surface area contributed by atoms with Gasteiger partial charge >= 0.3 is 0 Å². The Bertz CT molecular complexity index is 845. The van der Waals surface area contributed by atoms with Crippen LogP contribution in [0.25, 0.3) is 22.3 Å². The van der Waals surface area contributed by atoms with E-state index in [0.29, 0.717) is 27.6 Å². The lowest BCUT2D eigenvalue weighted by molar-refractivity contribution is 0.627. The zero-order chi connectivity index (χ0) is 14.1. The highest BCUT2D eigenvalue weighted by Crippen LogP contribution is 2.24. The average Bonchev–Trinajstić information content (AvgIpc) is 2.47. The lowest BCUT2D eigenvalue weighted by Crippen LogP contribution is -2.10. The van der Waals surface area contributed by atoms with E-state index in [1.807, 2.05) is 6.07 Å². The van der Waals surface area contributed by atoms with Gasteiger partial charge in [-0.1, -0.05) is 34.1 Å². The Balaban J connectivity index is 2.30. The summed E-state index contributed by atoms with van der Waals surface area (Å²) >= 11 is 3.36. The molecule has 2 aromatic carbocycles. The number of para-hydroxylation sites is 1. The zero-order valence-corrected chi connectivity index (χ0v) is 11.9. The van der Waals surface area contributed by atoms with Crippen molar-refractivity contribution in [3.63, 3.8) is 0 Å². The quantitative estimate of drug-likeness (QED) is 0.728. The van der Waals surface area contributed by atoms with Gasteiger partial charge in [-0.2, -0.15) is 0 Å². The maximum atomic E-state index is 13.4. The highest BCUT2D eigenvalue weighted by molar-refractivity contribution is 9.08. The van der Waals surface area contributed by atoms with E-state index < -0.39 is 0 Å². The molecule has 1 aromatic heterocycles. The van der Waals surface area contributed by atoms with Gasteiger partial charge in [-0.25, -0.2) is 9.37 Å². The molecule has 0 aliphatic rings. The molecule has 1 heterocycles. The van der Waals surface area contributed by atoms with Crippen molar-refractivity contribution < 1.29 is 4.39 Å². The number of aromatic amines is 1. The molecule has 0 bridgehead atoms. The molecule has 0 spiro atoms. The van der Waals surface area contributed by atoms with Crippen LogP contribution in [0.2, 0.25) is 0 Å². The van der Waals surface area contributed by atoms with Gasteiger partial charge in [0.2, 0.25) is 0 Å². The fourth-order valence-electron chi connectivity index (χ4n) is 2.10. The molecule has 3 rings (SSSR count). The first-order chi connectivity index (χ1) is 9.69. The molecule has 0 saturated carbocycles. The van der Waals surface area contributed by atoms with Gasteiger partial charge in [0.05, 0.1) is 10.9 Å². The van der Waals surface area contributed by atoms with Crippen molar-refractivity contribution in [1.29, 1.82) is 0 Å². The Morgan fingerprint density at radius 2 is 2.00 bits per heavy atom. The largest absolute Gasteiger partial charge is 0.306 e. The maximum Gasteiger partial charge on any atom is 0.259 e. The Hall–Kier alpha value is -2.01. The second-order valence-electron chi connectivity index (χ2n) is 4.37. The van der Waals surface area contributed by atoms with Gasteiger partial charge in [-0.05, 0) is 29.8 Å². The van der Waals surface area contributed by atoms with Crippen LogP contribution in [0.3, 0.4) is 0 Å². The fraction of sp³-hybridized carbons (Fsp3) is 0.0667. The topological polar surface area (TPSA) is 45.8 Å². The minimum absolute atomic E-state index is 0.226. The number of aromatic nitrogens is 2. The van der Waals surface area contributed by atoms with Crippen molar-refractivity contribution >= 4 is 26.8 Å². The zero-order valence-electron chi connectivity index (χ0n) is 10.4. The average molecular weight is 333 g/mol. The Morgan fingerprint density at radius 3 is 2.80 bits per heavy atom. The van der Waals surface area contributed by atoms with E-state index >= 15 is 0 Å². The maximum absolute atomic E-state index is 13.4. The van der Waals surface area contributed by atoms with Crippen LogP contribution in [0.5, 0.6) is 0 Å². The van der Waals surface area contributed by atoms with Gasteiger partial charge in [0.1, 0.15) is 11.6 Å². The molecule has 3 nitrogen and oxygen atoms in total. The third kappa shape index (κ3) is 2.25. The third-order valence-electron chi connectivity index (χ3n) is 3.08. The number of halogens is 2. The van der Waals surface area contributed by atoms with E-state index in [1.165, 1.54) is 12.1 Å². The summed E-state index contributed by atoms with van der Waals surface area (Å²) in [6.07, 6.45) is 0. The molecule has 0 saturated heterocycles. The first-order valence-corrected chi connectivity index (χ1v) is 7.15. The molecule has 0 radical (unpaired) electrons. The molecule has 20 heavy (non-hydrogen) atoms. The third-order valence-corrected chi connectivity index (χ3v) is 3.69. The number of fused-ring (bicyclic) bond motifs is 1. The minimum Gasteiger partial charge on any atom is -0.306 e. The normalized spacial score (nSPS) is 10.9. The number of alkyl halides is 1. The number of nitrogens with zero attached hydrogens (tertiary/aromatic N) is 1. The molecule has 1 N–H and O–H groups in total. The number of hydrogen-bond acceptors (Lipinski definition) is 2. The molecule has 0 fully saturated rings. The number of rotatable bonds is 2. The van der Waals surface area contributed by atoms with Gasteiger partial charge in [0, 0.05) is 10.9 Å². The fourth-order valence-corrected chi connectivity index (χ4v) is 2.59. The van der Waals surface area contributed by atoms with Gasteiger partial charge in [0.25, 0.3) is 5.56 Å². The molecular weight excluding hydrogens is 323 g/mol. The van der Waals surface area contributed by atoms with E-state index in [1.54, 1.807) is 24.3 Å². The van der Waals surface area contributed by atoms with Crippen molar-refractivity contribution in [3.05, 3.63) is 64.2 Å². The lowest BCUT2D eigenvalue weighted by atomic mass is 10.1. The molecule has 0 atom stereocenters. The van der Waals surface area contributed by atoms with E-state index in [9.17, 15) is 9.18 Å². The van der Waals surface area contributed by atoms with Crippen LogP contribution < -0.4 is 5.56 Å². The van der Waals surface area contributed by atoms with E-state index in [0.717, 1.165) is 5.56 Å². The molecule has 5 heteroatoms. The monoisotopic (exact) mass is 332 g/mol. The first kappa shape index (κ1) is 13.0. The number of H-pyrrole nitrogens is 1. The summed E-state index contributed by atoms with van der Waals surface area (Å²) in [5.74, 6) is 0.0168. The molecule has 0 aliphatic heterocycles. The van der Waals surface area contributed by atoms with Crippen LogP contribution in [-0.4, -0.2) is 9.97 Å². The van der Waals surface area contributed by atoms with Crippen LogP contribution in [0, 0.1) is 5.82 Å². The molecule has 0 aliphatic carbocycles. The van der Waals surface area contributed by atoms with E-state index in [2.05, 4.69) is 25.9 Å². The van der Waals surface area contributed by atoms with Crippen molar-refractivity contribution in [2.24, 2.45) is 0 Å². The van der Waals surface area contributed by atoms with Crippen molar-refractivity contribution in [2.45, 2.75) is 5.33 Å². The smallest absolute Gasteiger partial charge is 0.259 e. The summed E-state index contributed by atoms with van der Waals surface area (Å²) in [6.45, 7) is 0. The van der Waals surface area contributed by atoms with Gasteiger partial charge in [-0.15, -0.1) is 0 Å². The van der Waals surface area contributed by atoms with Crippen LogP contribution in [-0.2, 0) is 5.33 Å². The highest BCUT2D eigenvalue weighted by Gasteiger charge is 2.10. The predicted octanol–water partition coefficient (Wildman–Crippen LogP) is 3.62. The molecule has 0 unspecified atom stereocenters. The summed E-state index contributed by atoms with van der Waals surface area (Å²) < 4.78 is 13.4. The second-order valence-corrected chi connectivity index (χ2v) is 4.93. The number of benzene rings is 2. The predicted molar refractivity (Wildman–Crippen MR) is 80.4 cm³/mol. The van der Waals surface area contributed by atoms with E-state index in [-0.39, 0.29) is 11.4 Å². The van der Waals surface area contributed by atoms with Gasteiger partial charge in [-0.3, -0.25) is 4.79 Å². The SMILES string of the molecule is O=c1[nH]c(-c2cc(F)ccc2CBr)nc2ccccc12. The number of nitrogens with one attached hydrogen (secondary N) is 1. The minimum atomic E-state index is -0.361. The van der Waals surface area contributed by atoms with Crippen LogP contribution >= 0.6 is 15.9 Å². The summed E-state index contributed by atoms with van der Waals surface area (Å²) in [5, 5.41) is 1.08. The Morgan fingerprint density at radius 1 is 1.20 bits per heavy atom. The summed E-state index contributed by atoms with van der Waals surface area (Å²) in [6, 6.07) is 11.5. The van der Waals surface area contributed by atoms with Crippen LogP contribution in [0.1, 0.15) is 5.56 Å². The van der Waals surface area contributed by atoms with E-state index in [4.69, 9.17) is 0 Å². The second kappa shape index (κ2) is 5.17. The van der Waals surface area contributed by atoms with Crippen molar-refractivity contribution in [1.82, 2.24) is 9.97 Å². The van der Waals surface area contributed by atoms with Gasteiger partial charge < -0.3 is 4.98 Å². The molecular formula is C15H10BrFN2O.